The number of phenolic OH excluding ortho intramolecular Hbond substituents is 1. The van der Waals surface area contributed by atoms with Gasteiger partial charge in [0.2, 0.25) is 0 Å². The van der Waals surface area contributed by atoms with Crippen molar-refractivity contribution in [3.63, 3.8) is 0 Å². The molecule has 104 valence electrons. The van der Waals surface area contributed by atoms with Gasteiger partial charge >= 0.3 is 0 Å². The number of benzene rings is 2. The molecule has 1 aliphatic carbocycles. The van der Waals surface area contributed by atoms with Gasteiger partial charge < -0.3 is 10.4 Å². The minimum Gasteiger partial charge on any atom is -0.508 e. The lowest BCUT2D eigenvalue weighted by molar-refractivity contribution is 0.474. The van der Waals surface area contributed by atoms with Crippen molar-refractivity contribution in [1.82, 2.24) is 5.32 Å². The third kappa shape index (κ3) is 2.68. The molecule has 1 atom stereocenters. The molecule has 3 rings (SSSR count). The molecule has 0 aromatic heterocycles. The van der Waals surface area contributed by atoms with Crippen molar-refractivity contribution in [2.24, 2.45) is 0 Å². The van der Waals surface area contributed by atoms with Crippen molar-refractivity contribution < 1.29 is 9.50 Å². The minimum atomic E-state index is -0.133. The molecule has 0 saturated carbocycles. The van der Waals surface area contributed by atoms with Gasteiger partial charge in [0, 0.05) is 6.04 Å². The lowest BCUT2D eigenvalue weighted by atomic mass is 10.1. The fraction of sp³-hybridized carbons (Fsp3) is 0.294. The van der Waals surface area contributed by atoms with Crippen LogP contribution in [-0.2, 0) is 12.8 Å². The second kappa shape index (κ2) is 5.63. The number of halogens is 1. The summed E-state index contributed by atoms with van der Waals surface area (Å²) in [6.07, 6.45) is 2.72. The summed E-state index contributed by atoms with van der Waals surface area (Å²) in [4.78, 5) is 0. The Kier molecular flexibility index (Phi) is 3.70. The summed E-state index contributed by atoms with van der Waals surface area (Å²) in [5.74, 6) is 0.196. The lowest BCUT2D eigenvalue weighted by Crippen LogP contribution is -2.22. The number of rotatable bonds is 4. The van der Waals surface area contributed by atoms with Crippen LogP contribution in [0.2, 0.25) is 0 Å². The largest absolute Gasteiger partial charge is 0.508 e. The van der Waals surface area contributed by atoms with Gasteiger partial charge in [-0.3, -0.25) is 0 Å². The van der Waals surface area contributed by atoms with E-state index in [1.807, 2.05) is 24.3 Å². The number of nitrogens with one attached hydrogen (secondary N) is 1. The summed E-state index contributed by atoms with van der Waals surface area (Å²) in [5, 5.41) is 13.0. The van der Waals surface area contributed by atoms with Crippen LogP contribution < -0.4 is 5.32 Å². The number of aromatic hydroxyl groups is 1. The summed E-state index contributed by atoms with van der Waals surface area (Å²) in [6.45, 7) is 0.756. The highest BCUT2D eigenvalue weighted by Crippen LogP contribution is 2.33. The Balaban J connectivity index is 1.60. The molecule has 2 aromatic rings. The summed E-state index contributed by atoms with van der Waals surface area (Å²) in [5.41, 5.74) is 3.23. The first-order valence-electron chi connectivity index (χ1n) is 7.02. The summed E-state index contributed by atoms with van der Waals surface area (Å²) >= 11 is 0. The molecule has 2 N–H and O–H groups in total. The van der Waals surface area contributed by atoms with Gasteiger partial charge in [-0.1, -0.05) is 24.3 Å². The molecule has 0 saturated heterocycles. The monoisotopic (exact) mass is 271 g/mol. The molecule has 1 aliphatic rings. The summed E-state index contributed by atoms with van der Waals surface area (Å²) < 4.78 is 13.5. The molecule has 0 aliphatic heterocycles. The standard InChI is InChI=1S/C17H18FNO/c18-16-4-2-1-3-12(16)9-10-19-17-8-5-13-11-14(20)6-7-15(13)17/h1-4,6-7,11,17,19-20H,5,8-10H2. The quantitative estimate of drug-likeness (QED) is 0.893. The number of phenols is 1. The molecule has 20 heavy (non-hydrogen) atoms. The Morgan fingerprint density at radius 1 is 1.20 bits per heavy atom. The van der Waals surface area contributed by atoms with Crippen LogP contribution in [0.4, 0.5) is 4.39 Å². The smallest absolute Gasteiger partial charge is 0.126 e. The van der Waals surface area contributed by atoms with E-state index in [-0.39, 0.29) is 5.82 Å². The number of aryl methyl sites for hydroxylation is 1. The third-order valence-electron chi connectivity index (χ3n) is 3.95. The fourth-order valence-electron chi connectivity index (χ4n) is 2.90. The predicted molar refractivity (Wildman–Crippen MR) is 77.3 cm³/mol. The van der Waals surface area contributed by atoms with E-state index in [9.17, 15) is 9.50 Å². The van der Waals surface area contributed by atoms with Gasteiger partial charge in [0.05, 0.1) is 0 Å². The molecule has 0 spiro atoms. The minimum absolute atomic E-state index is 0.133. The number of hydrogen-bond donors (Lipinski definition) is 2. The molecule has 0 radical (unpaired) electrons. The second-order valence-corrected chi connectivity index (χ2v) is 5.27. The van der Waals surface area contributed by atoms with Gasteiger partial charge in [-0.05, 0) is 60.7 Å². The first-order chi connectivity index (χ1) is 9.74. The molecule has 0 bridgehead atoms. The van der Waals surface area contributed by atoms with Crippen LogP contribution in [0.15, 0.2) is 42.5 Å². The second-order valence-electron chi connectivity index (χ2n) is 5.27. The van der Waals surface area contributed by atoms with Gasteiger partial charge in [-0.25, -0.2) is 4.39 Å². The van der Waals surface area contributed by atoms with Crippen LogP contribution in [0.1, 0.15) is 29.2 Å². The highest BCUT2D eigenvalue weighted by Gasteiger charge is 2.21. The van der Waals surface area contributed by atoms with Crippen molar-refractivity contribution in [1.29, 1.82) is 0 Å². The summed E-state index contributed by atoms with van der Waals surface area (Å²) in [6, 6.07) is 12.8. The highest BCUT2D eigenvalue weighted by molar-refractivity contribution is 5.40. The maximum atomic E-state index is 13.5. The van der Waals surface area contributed by atoms with Crippen LogP contribution in [0.5, 0.6) is 5.75 Å². The number of hydrogen-bond acceptors (Lipinski definition) is 2. The molecule has 0 amide bonds. The zero-order chi connectivity index (χ0) is 13.9. The van der Waals surface area contributed by atoms with E-state index in [1.54, 1.807) is 12.1 Å². The van der Waals surface area contributed by atoms with Crippen molar-refractivity contribution >= 4 is 0 Å². The first-order valence-corrected chi connectivity index (χ1v) is 7.02. The predicted octanol–water partition coefficient (Wildman–Crippen LogP) is 3.35. The van der Waals surface area contributed by atoms with E-state index < -0.39 is 0 Å². The van der Waals surface area contributed by atoms with Gasteiger partial charge in [0.1, 0.15) is 11.6 Å². The van der Waals surface area contributed by atoms with Gasteiger partial charge in [0.15, 0.2) is 0 Å². The van der Waals surface area contributed by atoms with E-state index in [2.05, 4.69) is 5.32 Å². The Morgan fingerprint density at radius 3 is 2.90 bits per heavy atom. The maximum absolute atomic E-state index is 13.5. The Hall–Kier alpha value is -1.87. The van der Waals surface area contributed by atoms with Crippen molar-refractivity contribution in [3.8, 4) is 5.75 Å². The maximum Gasteiger partial charge on any atom is 0.126 e. The summed E-state index contributed by atoms with van der Waals surface area (Å²) in [7, 11) is 0. The molecular formula is C17H18FNO. The molecular weight excluding hydrogens is 253 g/mol. The van der Waals surface area contributed by atoms with E-state index in [1.165, 1.54) is 17.2 Å². The van der Waals surface area contributed by atoms with Crippen molar-refractivity contribution in [2.45, 2.75) is 25.3 Å². The van der Waals surface area contributed by atoms with Crippen LogP contribution in [0.3, 0.4) is 0 Å². The van der Waals surface area contributed by atoms with Gasteiger partial charge in [0.25, 0.3) is 0 Å². The zero-order valence-electron chi connectivity index (χ0n) is 11.3. The number of fused-ring (bicyclic) bond motifs is 1. The van der Waals surface area contributed by atoms with Crippen molar-refractivity contribution in [3.05, 3.63) is 65.0 Å². The van der Waals surface area contributed by atoms with Gasteiger partial charge in [-0.2, -0.15) is 0 Å². The SMILES string of the molecule is Oc1ccc2c(c1)CCC2NCCc1ccccc1F. The van der Waals surface area contributed by atoms with Gasteiger partial charge in [-0.15, -0.1) is 0 Å². The van der Waals surface area contributed by atoms with Crippen LogP contribution in [0, 0.1) is 5.82 Å². The van der Waals surface area contributed by atoms with E-state index in [0.29, 0.717) is 18.2 Å². The first kappa shape index (κ1) is 13.1. The van der Waals surface area contributed by atoms with E-state index >= 15 is 0 Å². The molecule has 0 heterocycles. The molecule has 2 aromatic carbocycles. The van der Waals surface area contributed by atoms with E-state index in [0.717, 1.165) is 24.9 Å². The molecule has 3 heteroatoms. The molecule has 2 nitrogen and oxygen atoms in total. The van der Waals surface area contributed by atoms with Crippen molar-refractivity contribution in [2.75, 3.05) is 6.54 Å². The Morgan fingerprint density at radius 2 is 2.05 bits per heavy atom. The Labute approximate surface area is 118 Å². The molecule has 0 fully saturated rings. The zero-order valence-corrected chi connectivity index (χ0v) is 11.3. The lowest BCUT2D eigenvalue weighted by Gasteiger charge is -2.14. The van der Waals surface area contributed by atoms with E-state index in [4.69, 9.17) is 0 Å². The normalized spacial score (nSPS) is 17.1. The third-order valence-corrected chi connectivity index (χ3v) is 3.95. The average Bonchev–Trinajstić information content (AvgIpc) is 2.83. The average molecular weight is 271 g/mol. The molecule has 1 unspecified atom stereocenters. The Bertz CT molecular complexity index is 612. The fourth-order valence-corrected chi connectivity index (χ4v) is 2.90. The highest BCUT2D eigenvalue weighted by atomic mass is 19.1. The van der Waals surface area contributed by atoms with Crippen LogP contribution >= 0.6 is 0 Å². The van der Waals surface area contributed by atoms with Crippen LogP contribution in [0.25, 0.3) is 0 Å². The van der Waals surface area contributed by atoms with Crippen LogP contribution in [-0.4, -0.2) is 11.7 Å². The topological polar surface area (TPSA) is 32.3 Å².